The van der Waals surface area contributed by atoms with Gasteiger partial charge in [0.05, 0.1) is 19.3 Å². The molecule has 1 heterocycles. The summed E-state index contributed by atoms with van der Waals surface area (Å²) in [6.45, 7) is 1.29. The maximum atomic E-state index is 12.1. The highest BCUT2D eigenvalue weighted by Crippen LogP contribution is 2.43. The molecule has 2 fully saturated rings. The minimum Gasteiger partial charge on any atom is -0.384 e. The number of nitrogens with one attached hydrogen (secondary N) is 2. The topological polar surface area (TPSA) is 76.7 Å². The van der Waals surface area contributed by atoms with E-state index in [-0.39, 0.29) is 36.4 Å². The van der Waals surface area contributed by atoms with Gasteiger partial charge in [-0.25, -0.2) is 0 Å². The third-order valence-electron chi connectivity index (χ3n) is 4.66. The highest BCUT2D eigenvalue weighted by atomic mass is 16.5. The Morgan fingerprint density at radius 3 is 2.83 bits per heavy atom. The highest BCUT2D eigenvalue weighted by molar-refractivity contribution is 5.96. The lowest BCUT2D eigenvalue weighted by atomic mass is 9.67. The van der Waals surface area contributed by atoms with Crippen LogP contribution in [0.5, 0.6) is 0 Å². The average molecular weight is 318 g/mol. The van der Waals surface area contributed by atoms with E-state index >= 15 is 0 Å². The number of rotatable bonds is 6. The smallest absolute Gasteiger partial charge is 0.251 e. The summed E-state index contributed by atoms with van der Waals surface area (Å²) >= 11 is 0. The minimum atomic E-state index is -0.245. The van der Waals surface area contributed by atoms with E-state index in [0.29, 0.717) is 18.1 Å². The number of carbonyl (C=O) groups is 2. The van der Waals surface area contributed by atoms with E-state index in [1.807, 2.05) is 6.07 Å². The Bertz CT molecular complexity index is 563. The molecule has 0 aromatic heterocycles. The fraction of sp³-hybridized carbons (Fsp3) is 0.529. The highest BCUT2D eigenvalue weighted by Gasteiger charge is 2.54. The van der Waals surface area contributed by atoms with Gasteiger partial charge in [0.15, 0.2) is 0 Å². The maximum Gasteiger partial charge on any atom is 0.251 e. The van der Waals surface area contributed by atoms with Gasteiger partial charge in [-0.2, -0.15) is 0 Å². The van der Waals surface area contributed by atoms with Gasteiger partial charge in [0, 0.05) is 37.2 Å². The molecule has 1 saturated carbocycles. The van der Waals surface area contributed by atoms with Crippen molar-refractivity contribution in [1.29, 1.82) is 0 Å². The Morgan fingerprint density at radius 1 is 1.30 bits per heavy atom. The summed E-state index contributed by atoms with van der Waals surface area (Å²) in [6.07, 6.45) is 1.16. The van der Waals surface area contributed by atoms with Crippen molar-refractivity contribution in [3.05, 3.63) is 35.9 Å². The molecule has 23 heavy (non-hydrogen) atoms. The van der Waals surface area contributed by atoms with Crippen LogP contribution in [0.2, 0.25) is 0 Å². The Balaban J connectivity index is 1.48. The molecule has 1 aliphatic carbocycles. The molecule has 6 nitrogen and oxygen atoms in total. The van der Waals surface area contributed by atoms with Crippen LogP contribution in [0.25, 0.3) is 0 Å². The molecule has 4 atom stereocenters. The Kier molecular flexibility index (Phi) is 4.93. The third-order valence-corrected chi connectivity index (χ3v) is 4.66. The fourth-order valence-corrected chi connectivity index (χ4v) is 3.52. The first-order valence-corrected chi connectivity index (χ1v) is 7.94. The number of fused-ring (bicyclic) bond motifs is 1. The van der Waals surface area contributed by atoms with Gasteiger partial charge in [-0.05, 0) is 18.6 Å². The van der Waals surface area contributed by atoms with Crippen molar-refractivity contribution in [2.45, 2.75) is 18.6 Å². The molecule has 2 N–H and O–H groups in total. The SMILES string of the molecule is COC[C@H]1[C@@H](NC(=O)CNC(=O)c2ccccc2)[C@H]2CCO[C@H]21. The van der Waals surface area contributed by atoms with Gasteiger partial charge < -0.3 is 20.1 Å². The molecule has 1 aliphatic heterocycles. The molecule has 2 aliphatic rings. The van der Waals surface area contributed by atoms with E-state index in [1.165, 1.54) is 0 Å². The Morgan fingerprint density at radius 2 is 2.09 bits per heavy atom. The van der Waals surface area contributed by atoms with Crippen LogP contribution in [0.1, 0.15) is 16.8 Å². The van der Waals surface area contributed by atoms with Gasteiger partial charge in [-0.3, -0.25) is 9.59 Å². The van der Waals surface area contributed by atoms with Gasteiger partial charge in [0.1, 0.15) is 0 Å². The molecule has 1 aromatic carbocycles. The van der Waals surface area contributed by atoms with Gasteiger partial charge in [0.25, 0.3) is 5.91 Å². The van der Waals surface area contributed by atoms with E-state index in [0.717, 1.165) is 13.0 Å². The monoisotopic (exact) mass is 318 g/mol. The van der Waals surface area contributed by atoms with E-state index in [2.05, 4.69) is 10.6 Å². The lowest BCUT2D eigenvalue weighted by Crippen LogP contribution is -2.63. The van der Waals surface area contributed by atoms with Crippen LogP contribution in [0.3, 0.4) is 0 Å². The van der Waals surface area contributed by atoms with Crippen molar-refractivity contribution in [3.8, 4) is 0 Å². The van der Waals surface area contributed by atoms with Crippen LogP contribution < -0.4 is 10.6 Å². The molecule has 3 rings (SSSR count). The molecule has 0 radical (unpaired) electrons. The minimum absolute atomic E-state index is 0.0256. The summed E-state index contributed by atoms with van der Waals surface area (Å²) in [4.78, 5) is 24.0. The molecule has 0 unspecified atom stereocenters. The molecule has 1 aromatic rings. The third kappa shape index (κ3) is 3.38. The molecular weight excluding hydrogens is 296 g/mol. The zero-order chi connectivity index (χ0) is 16.2. The number of methoxy groups -OCH3 is 1. The van der Waals surface area contributed by atoms with Crippen LogP contribution in [0.15, 0.2) is 30.3 Å². The molecule has 124 valence electrons. The number of hydrogen-bond acceptors (Lipinski definition) is 4. The number of benzene rings is 1. The zero-order valence-corrected chi connectivity index (χ0v) is 13.2. The summed E-state index contributed by atoms with van der Waals surface area (Å²) in [5.41, 5.74) is 0.547. The van der Waals surface area contributed by atoms with Crippen LogP contribution in [-0.2, 0) is 14.3 Å². The van der Waals surface area contributed by atoms with Gasteiger partial charge in [-0.15, -0.1) is 0 Å². The van der Waals surface area contributed by atoms with E-state index in [9.17, 15) is 9.59 Å². The molecule has 6 heteroatoms. The summed E-state index contributed by atoms with van der Waals surface area (Å²) in [5.74, 6) is 0.140. The van der Waals surface area contributed by atoms with Crippen LogP contribution in [-0.4, -0.2) is 50.8 Å². The number of amides is 2. The largest absolute Gasteiger partial charge is 0.384 e. The van der Waals surface area contributed by atoms with Crippen molar-refractivity contribution in [2.75, 3.05) is 26.9 Å². The fourth-order valence-electron chi connectivity index (χ4n) is 3.52. The first-order chi connectivity index (χ1) is 11.2. The van der Waals surface area contributed by atoms with E-state index in [4.69, 9.17) is 9.47 Å². The normalized spacial score (nSPS) is 28.6. The van der Waals surface area contributed by atoms with E-state index < -0.39 is 0 Å². The van der Waals surface area contributed by atoms with E-state index in [1.54, 1.807) is 31.4 Å². The summed E-state index contributed by atoms with van der Waals surface area (Å²) in [5, 5.41) is 5.66. The molecule has 1 saturated heterocycles. The van der Waals surface area contributed by atoms with Crippen molar-refractivity contribution in [1.82, 2.24) is 10.6 Å². The zero-order valence-electron chi connectivity index (χ0n) is 13.2. The lowest BCUT2D eigenvalue weighted by Gasteiger charge is -2.47. The van der Waals surface area contributed by atoms with Crippen LogP contribution in [0.4, 0.5) is 0 Å². The first-order valence-electron chi connectivity index (χ1n) is 7.94. The first kappa shape index (κ1) is 16.0. The second kappa shape index (κ2) is 7.10. The lowest BCUT2D eigenvalue weighted by molar-refractivity contribution is -0.128. The summed E-state index contributed by atoms with van der Waals surface area (Å²) in [7, 11) is 1.65. The molecule has 0 spiro atoms. The average Bonchev–Trinajstić information content (AvgIpc) is 3.00. The second-order valence-electron chi connectivity index (χ2n) is 6.05. The molecule has 0 bridgehead atoms. The molecule has 2 amide bonds. The molecular formula is C17H22N2O4. The number of carbonyl (C=O) groups excluding carboxylic acids is 2. The van der Waals surface area contributed by atoms with Crippen LogP contribution in [0, 0.1) is 11.8 Å². The summed E-state index contributed by atoms with van der Waals surface area (Å²) < 4.78 is 10.9. The van der Waals surface area contributed by atoms with Gasteiger partial charge in [-0.1, -0.05) is 18.2 Å². The van der Waals surface area contributed by atoms with Crippen molar-refractivity contribution >= 4 is 11.8 Å². The standard InChI is InChI=1S/C17H22N2O4/c1-22-10-13-15(12-7-8-23-16(12)13)19-14(20)9-18-17(21)11-5-3-2-4-6-11/h2-6,12-13,15-16H,7-10H2,1H3,(H,18,21)(H,19,20)/t12-,13+,15+,16-/m1/s1. The van der Waals surface area contributed by atoms with Gasteiger partial charge >= 0.3 is 0 Å². The van der Waals surface area contributed by atoms with Crippen molar-refractivity contribution in [3.63, 3.8) is 0 Å². The Labute approximate surface area is 135 Å². The quantitative estimate of drug-likeness (QED) is 0.804. The van der Waals surface area contributed by atoms with Gasteiger partial charge in [0.2, 0.25) is 5.91 Å². The second-order valence-corrected chi connectivity index (χ2v) is 6.05. The predicted octanol–water partition coefficient (Wildman–Crippen LogP) is 0.583. The number of hydrogen-bond donors (Lipinski definition) is 2. The van der Waals surface area contributed by atoms with Crippen molar-refractivity contribution < 1.29 is 19.1 Å². The summed E-state index contributed by atoms with van der Waals surface area (Å²) in [6, 6.07) is 8.93. The predicted molar refractivity (Wildman–Crippen MR) is 83.9 cm³/mol. The number of ether oxygens (including phenoxy) is 2. The Hall–Kier alpha value is -1.92. The van der Waals surface area contributed by atoms with Crippen molar-refractivity contribution in [2.24, 2.45) is 11.8 Å². The maximum absolute atomic E-state index is 12.1. The van der Waals surface area contributed by atoms with Crippen LogP contribution >= 0.6 is 0 Å².